The smallest absolute Gasteiger partial charge is 0.249 e. The average Bonchev–Trinajstić information content (AvgIpc) is 2.47. The van der Waals surface area contributed by atoms with Gasteiger partial charge in [-0.1, -0.05) is 12.1 Å². The summed E-state index contributed by atoms with van der Waals surface area (Å²) in [6, 6.07) is 11.1. The molecule has 2 rings (SSSR count). The summed E-state index contributed by atoms with van der Waals surface area (Å²) >= 11 is 3.30. The number of benzene rings is 1. The number of pyridine rings is 1. The molecule has 5 heteroatoms. The van der Waals surface area contributed by atoms with E-state index in [2.05, 4.69) is 26.2 Å². The predicted octanol–water partition coefficient (Wildman–Crippen LogP) is 4.28. The summed E-state index contributed by atoms with van der Waals surface area (Å²) in [5.74, 6) is 1.06. The van der Waals surface area contributed by atoms with Crippen molar-refractivity contribution in [3.05, 3.63) is 58.7 Å². The van der Waals surface area contributed by atoms with Gasteiger partial charge in [-0.05, 0) is 65.7 Å². The Balaban J connectivity index is 1.98. The maximum absolute atomic E-state index is 11.9. The third-order valence-corrected chi connectivity index (χ3v) is 3.10. The molecule has 0 atom stereocenters. The van der Waals surface area contributed by atoms with E-state index < -0.39 is 0 Å². The quantitative estimate of drug-likeness (QED) is 0.809. The number of nitrogens with zero attached hydrogens (tertiary/aromatic N) is 1. The Morgan fingerprint density at radius 1 is 1.32 bits per heavy atom. The van der Waals surface area contributed by atoms with Crippen molar-refractivity contribution in [1.82, 2.24) is 4.98 Å². The van der Waals surface area contributed by atoms with Crippen LogP contribution >= 0.6 is 15.9 Å². The van der Waals surface area contributed by atoms with E-state index in [-0.39, 0.29) is 12.0 Å². The zero-order valence-electron chi connectivity index (χ0n) is 12.4. The van der Waals surface area contributed by atoms with Crippen molar-refractivity contribution in [3.63, 3.8) is 0 Å². The molecule has 1 aromatic heterocycles. The highest BCUT2D eigenvalue weighted by atomic mass is 79.9. The third kappa shape index (κ3) is 5.33. The number of anilines is 1. The van der Waals surface area contributed by atoms with Crippen molar-refractivity contribution in [2.75, 3.05) is 5.32 Å². The van der Waals surface area contributed by atoms with E-state index in [1.807, 2.05) is 44.2 Å². The summed E-state index contributed by atoms with van der Waals surface area (Å²) in [5, 5.41) is 2.70. The number of hydrogen-bond acceptors (Lipinski definition) is 3. The van der Waals surface area contributed by atoms with E-state index in [0.717, 1.165) is 15.8 Å². The molecule has 1 heterocycles. The van der Waals surface area contributed by atoms with Crippen LogP contribution in [0.3, 0.4) is 0 Å². The minimum atomic E-state index is -0.231. The highest BCUT2D eigenvalue weighted by molar-refractivity contribution is 9.10. The van der Waals surface area contributed by atoms with E-state index >= 15 is 0 Å². The molecule has 0 saturated carbocycles. The van der Waals surface area contributed by atoms with Crippen LogP contribution in [0.5, 0.6) is 5.75 Å². The van der Waals surface area contributed by atoms with Crippen LogP contribution in [0.25, 0.3) is 6.08 Å². The molecule has 0 fully saturated rings. The fourth-order valence-corrected chi connectivity index (χ4v) is 1.99. The van der Waals surface area contributed by atoms with Gasteiger partial charge in [0, 0.05) is 16.7 Å². The molecule has 1 aromatic carbocycles. The summed E-state index contributed by atoms with van der Waals surface area (Å²) < 4.78 is 6.48. The average molecular weight is 361 g/mol. The van der Waals surface area contributed by atoms with Crippen LogP contribution in [0.1, 0.15) is 19.4 Å². The number of hydrogen-bond donors (Lipinski definition) is 1. The van der Waals surface area contributed by atoms with Crippen LogP contribution in [0.2, 0.25) is 0 Å². The lowest BCUT2D eigenvalue weighted by atomic mass is 10.2. The number of halogens is 1. The third-order valence-electron chi connectivity index (χ3n) is 2.64. The van der Waals surface area contributed by atoms with Crippen LogP contribution in [-0.2, 0) is 4.79 Å². The molecule has 0 aliphatic rings. The number of nitrogens with one attached hydrogen (secondary N) is 1. The predicted molar refractivity (Wildman–Crippen MR) is 91.8 cm³/mol. The molecule has 0 unspecified atom stereocenters. The maximum atomic E-state index is 11.9. The van der Waals surface area contributed by atoms with Crippen molar-refractivity contribution < 1.29 is 9.53 Å². The van der Waals surface area contributed by atoms with Crippen molar-refractivity contribution in [2.24, 2.45) is 0 Å². The zero-order chi connectivity index (χ0) is 15.9. The number of ether oxygens (including phenoxy) is 1. The maximum Gasteiger partial charge on any atom is 0.249 e. The van der Waals surface area contributed by atoms with Gasteiger partial charge in [0.15, 0.2) is 0 Å². The normalized spacial score (nSPS) is 10.9. The van der Waals surface area contributed by atoms with Crippen LogP contribution in [0, 0.1) is 0 Å². The summed E-state index contributed by atoms with van der Waals surface area (Å²) in [6.45, 7) is 3.95. The molecule has 0 saturated heterocycles. The number of amides is 1. The molecule has 114 valence electrons. The second-order valence-corrected chi connectivity index (χ2v) is 5.84. The second kappa shape index (κ2) is 7.75. The van der Waals surface area contributed by atoms with Crippen molar-refractivity contribution in [2.45, 2.75) is 20.0 Å². The second-order valence-electron chi connectivity index (χ2n) is 4.92. The minimum Gasteiger partial charge on any atom is -0.491 e. The first-order valence-corrected chi connectivity index (χ1v) is 7.69. The molecule has 4 nitrogen and oxygen atoms in total. The standard InChI is InChI=1S/C17H17BrN2O2/c1-12(2)22-15-5-3-4-13(10-15)6-9-17(21)20-16-8-7-14(18)11-19-16/h3-12H,1-2H3,(H,19,20,21)/b9-6+. The molecule has 22 heavy (non-hydrogen) atoms. The van der Waals surface area contributed by atoms with Gasteiger partial charge >= 0.3 is 0 Å². The Kier molecular flexibility index (Phi) is 5.72. The Hall–Kier alpha value is -2.14. The molecule has 2 aromatic rings. The van der Waals surface area contributed by atoms with Gasteiger partial charge in [0.1, 0.15) is 11.6 Å². The van der Waals surface area contributed by atoms with Crippen molar-refractivity contribution in [3.8, 4) is 5.75 Å². The lowest BCUT2D eigenvalue weighted by Crippen LogP contribution is -2.08. The first kappa shape index (κ1) is 16.2. The molecule has 0 aliphatic carbocycles. The highest BCUT2D eigenvalue weighted by Crippen LogP contribution is 2.16. The highest BCUT2D eigenvalue weighted by Gasteiger charge is 2.00. The number of carbonyl (C=O) groups is 1. The number of carbonyl (C=O) groups excluding carboxylic acids is 1. The summed E-state index contributed by atoms with van der Waals surface area (Å²) in [5.41, 5.74) is 0.900. The summed E-state index contributed by atoms with van der Waals surface area (Å²) in [4.78, 5) is 15.9. The zero-order valence-corrected chi connectivity index (χ0v) is 14.0. The Morgan fingerprint density at radius 2 is 2.14 bits per heavy atom. The van der Waals surface area contributed by atoms with Crippen LogP contribution < -0.4 is 10.1 Å². The fraction of sp³-hybridized carbons (Fsp3) is 0.176. The van der Waals surface area contributed by atoms with Gasteiger partial charge in [-0.2, -0.15) is 0 Å². The van der Waals surface area contributed by atoms with Gasteiger partial charge in [0.2, 0.25) is 5.91 Å². The lowest BCUT2D eigenvalue weighted by Gasteiger charge is -2.09. The first-order valence-electron chi connectivity index (χ1n) is 6.90. The molecule has 1 N–H and O–H groups in total. The Morgan fingerprint density at radius 3 is 2.82 bits per heavy atom. The van der Waals surface area contributed by atoms with Gasteiger partial charge in [-0.3, -0.25) is 4.79 Å². The van der Waals surface area contributed by atoms with Gasteiger partial charge < -0.3 is 10.1 Å². The molecule has 0 aliphatic heterocycles. The van der Waals surface area contributed by atoms with Crippen molar-refractivity contribution >= 4 is 33.7 Å². The SMILES string of the molecule is CC(C)Oc1cccc(/C=C/C(=O)Nc2ccc(Br)cn2)c1. The first-order chi connectivity index (χ1) is 10.5. The molecule has 0 spiro atoms. The van der Waals surface area contributed by atoms with Gasteiger partial charge in [-0.15, -0.1) is 0 Å². The van der Waals surface area contributed by atoms with Gasteiger partial charge in [-0.25, -0.2) is 4.98 Å². The van der Waals surface area contributed by atoms with Crippen LogP contribution in [0.15, 0.2) is 53.1 Å². The van der Waals surface area contributed by atoms with Gasteiger partial charge in [0.05, 0.1) is 6.10 Å². The monoisotopic (exact) mass is 360 g/mol. The summed E-state index contributed by atoms with van der Waals surface area (Å²) in [6.07, 6.45) is 4.96. The molecule has 1 amide bonds. The van der Waals surface area contributed by atoms with Crippen LogP contribution in [-0.4, -0.2) is 17.0 Å². The molecular weight excluding hydrogens is 344 g/mol. The molecule has 0 bridgehead atoms. The topological polar surface area (TPSA) is 51.2 Å². The van der Waals surface area contributed by atoms with Crippen LogP contribution in [0.4, 0.5) is 5.82 Å². The van der Waals surface area contributed by atoms with E-state index in [1.165, 1.54) is 6.08 Å². The van der Waals surface area contributed by atoms with Crippen molar-refractivity contribution in [1.29, 1.82) is 0 Å². The van der Waals surface area contributed by atoms with E-state index in [1.54, 1.807) is 18.3 Å². The molecule has 0 radical (unpaired) electrons. The number of aromatic nitrogens is 1. The van der Waals surface area contributed by atoms with E-state index in [0.29, 0.717) is 5.82 Å². The van der Waals surface area contributed by atoms with E-state index in [4.69, 9.17) is 4.74 Å². The fourth-order valence-electron chi connectivity index (χ4n) is 1.75. The number of rotatable bonds is 5. The van der Waals surface area contributed by atoms with Gasteiger partial charge in [0.25, 0.3) is 0 Å². The lowest BCUT2D eigenvalue weighted by molar-refractivity contribution is -0.111. The molecular formula is C17H17BrN2O2. The largest absolute Gasteiger partial charge is 0.491 e. The summed E-state index contributed by atoms with van der Waals surface area (Å²) in [7, 11) is 0. The minimum absolute atomic E-state index is 0.117. The Bertz CT molecular complexity index is 667. The Labute approximate surface area is 138 Å². The van der Waals surface area contributed by atoms with E-state index in [9.17, 15) is 4.79 Å².